The van der Waals surface area contributed by atoms with Crippen molar-refractivity contribution >= 4 is 0 Å². The van der Waals surface area contributed by atoms with E-state index in [4.69, 9.17) is 5.26 Å². The van der Waals surface area contributed by atoms with Crippen molar-refractivity contribution in [2.45, 2.75) is 45.7 Å². The molecule has 5 nitrogen and oxygen atoms in total. The molecule has 0 radical (unpaired) electrons. The average molecular weight is 375 g/mol. The van der Waals surface area contributed by atoms with Gasteiger partial charge in [0.15, 0.2) is 5.82 Å². The van der Waals surface area contributed by atoms with Gasteiger partial charge in [-0.15, -0.1) is 0 Å². The van der Waals surface area contributed by atoms with Crippen LogP contribution in [0.3, 0.4) is 0 Å². The van der Waals surface area contributed by atoms with Crippen molar-refractivity contribution in [3.63, 3.8) is 0 Å². The van der Waals surface area contributed by atoms with Crippen LogP contribution in [0.1, 0.15) is 44.0 Å². The van der Waals surface area contributed by atoms with E-state index < -0.39 is 11.9 Å². The quantitative estimate of drug-likeness (QED) is 0.755. The zero-order valence-corrected chi connectivity index (χ0v) is 15.2. The number of nitrogens with zero attached hydrogens (tertiary/aromatic N) is 5. The van der Waals surface area contributed by atoms with E-state index in [-0.39, 0.29) is 17.4 Å². The van der Waals surface area contributed by atoms with Gasteiger partial charge >= 0.3 is 6.18 Å². The van der Waals surface area contributed by atoms with Crippen LogP contribution in [0.4, 0.5) is 13.2 Å². The Morgan fingerprint density at radius 2 is 1.74 bits per heavy atom. The van der Waals surface area contributed by atoms with Crippen LogP contribution in [-0.4, -0.2) is 19.9 Å². The fraction of sp³-hybridized carbons (Fsp3) is 0.526. The van der Waals surface area contributed by atoms with Gasteiger partial charge in [0.1, 0.15) is 23.0 Å². The maximum absolute atomic E-state index is 13.0. The number of rotatable bonds is 6. The highest BCUT2D eigenvalue weighted by molar-refractivity contribution is 5.49. The van der Waals surface area contributed by atoms with Crippen LogP contribution >= 0.6 is 0 Å². The van der Waals surface area contributed by atoms with Gasteiger partial charge in [-0.25, -0.2) is 19.9 Å². The first-order chi connectivity index (χ1) is 12.8. The van der Waals surface area contributed by atoms with Gasteiger partial charge in [0.25, 0.3) is 0 Å². The molecular formula is C19H20F3N5. The molecule has 2 aromatic rings. The Bertz CT molecular complexity index is 855. The summed E-state index contributed by atoms with van der Waals surface area (Å²) < 4.78 is 38.9. The lowest BCUT2D eigenvalue weighted by atomic mass is 10.0. The number of hydrogen-bond donors (Lipinski definition) is 0. The van der Waals surface area contributed by atoms with Gasteiger partial charge in [0.2, 0.25) is 0 Å². The van der Waals surface area contributed by atoms with E-state index in [1.54, 1.807) is 6.92 Å². The normalized spacial score (nSPS) is 16.6. The predicted molar refractivity (Wildman–Crippen MR) is 92.1 cm³/mol. The van der Waals surface area contributed by atoms with Crippen LogP contribution in [0, 0.1) is 29.1 Å². The Balaban J connectivity index is 1.97. The number of aromatic nitrogens is 4. The number of nitriles is 1. The highest BCUT2D eigenvalue weighted by Crippen LogP contribution is 2.38. The number of alkyl halides is 3. The Morgan fingerprint density at radius 3 is 2.33 bits per heavy atom. The third-order valence-corrected chi connectivity index (χ3v) is 4.64. The van der Waals surface area contributed by atoms with Crippen molar-refractivity contribution in [1.82, 2.24) is 19.9 Å². The second-order valence-corrected chi connectivity index (χ2v) is 7.15. The van der Waals surface area contributed by atoms with Crippen LogP contribution in [-0.2, 0) is 19.0 Å². The lowest BCUT2D eigenvalue weighted by molar-refractivity contribution is -0.141. The summed E-state index contributed by atoms with van der Waals surface area (Å²) in [6, 6.07) is 5.79. The summed E-state index contributed by atoms with van der Waals surface area (Å²) in [5, 5.41) is 9.05. The fourth-order valence-corrected chi connectivity index (χ4v) is 2.92. The zero-order chi connectivity index (χ0) is 19.6. The second-order valence-electron chi connectivity index (χ2n) is 7.15. The summed E-state index contributed by atoms with van der Waals surface area (Å²) in [5.74, 6) is 1.82. The average Bonchev–Trinajstić information content (AvgIpc) is 3.46. The van der Waals surface area contributed by atoms with Gasteiger partial charge in [-0.3, -0.25) is 0 Å². The predicted octanol–water partition coefficient (Wildman–Crippen LogP) is 4.24. The summed E-state index contributed by atoms with van der Waals surface area (Å²) in [4.78, 5) is 16.8. The molecule has 2 atom stereocenters. The molecule has 1 aliphatic rings. The summed E-state index contributed by atoms with van der Waals surface area (Å²) in [7, 11) is 0. The Labute approximate surface area is 155 Å². The third-order valence-electron chi connectivity index (χ3n) is 4.64. The topological polar surface area (TPSA) is 75.3 Å². The SMILES string of the molecule is CC(C#N)Cc1nc(C[C@H](C)C2CC2)nc(-c2cccc(C(F)(F)F)n2)n1. The Morgan fingerprint density at radius 1 is 1.07 bits per heavy atom. The van der Waals surface area contributed by atoms with Gasteiger partial charge in [0.05, 0.1) is 12.0 Å². The molecule has 0 saturated heterocycles. The number of pyridine rings is 1. The van der Waals surface area contributed by atoms with Crippen molar-refractivity contribution in [2.75, 3.05) is 0 Å². The smallest absolute Gasteiger partial charge is 0.240 e. The first-order valence-electron chi connectivity index (χ1n) is 8.94. The first kappa shape index (κ1) is 19.2. The van der Waals surface area contributed by atoms with Gasteiger partial charge < -0.3 is 0 Å². The molecule has 1 fully saturated rings. The summed E-state index contributed by atoms with van der Waals surface area (Å²) >= 11 is 0. The van der Waals surface area contributed by atoms with E-state index >= 15 is 0 Å². The first-order valence-corrected chi connectivity index (χ1v) is 8.94. The minimum Gasteiger partial charge on any atom is -0.240 e. The zero-order valence-electron chi connectivity index (χ0n) is 15.2. The van der Waals surface area contributed by atoms with E-state index in [2.05, 4.69) is 32.9 Å². The van der Waals surface area contributed by atoms with E-state index in [1.807, 2.05) is 0 Å². The summed E-state index contributed by atoms with van der Waals surface area (Å²) in [6.45, 7) is 3.87. The molecule has 0 aromatic carbocycles. The minimum atomic E-state index is -4.54. The molecule has 0 amide bonds. The molecule has 1 aliphatic carbocycles. The molecule has 8 heteroatoms. The van der Waals surface area contributed by atoms with Crippen molar-refractivity contribution in [1.29, 1.82) is 5.26 Å². The van der Waals surface area contributed by atoms with Gasteiger partial charge in [-0.2, -0.15) is 18.4 Å². The van der Waals surface area contributed by atoms with Gasteiger partial charge in [0, 0.05) is 12.8 Å². The molecule has 3 rings (SSSR count). The van der Waals surface area contributed by atoms with Crippen LogP contribution in [0.5, 0.6) is 0 Å². The van der Waals surface area contributed by atoms with Crippen molar-refractivity contribution in [3.05, 3.63) is 35.5 Å². The van der Waals surface area contributed by atoms with Gasteiger partial charge in [-0.05, 0) is 43.7 Å². The molecule has 27 heavy (non-hydrogen) atoms. The van der Waals surface area contributed by atoms with Crippen LogP contribution < -0.4 is 0 Å². The minimum absolute atomic E-state index is 0.0541. The molecule has 0 N–H and O–H groups in total. The molecule has 1 unspecified atom stereocenters. The molecule has 1 saturated carbocycles. The van der Waals surface area contributed by atoms with E-state index in [9.17, 15) is 13.2 Å². The van der Waals surface area contributed by atoms with Crippen LogP contribution in [0.25, 0.3) is 11.5 Å². The summed E-state index contributed by atoms with van der Waals surface area (Å²) in [5.41, 5.74) is -0.932. The van der Waals surface area contributed by atoms with E-state index in [1.165, 1.54) is 25.0 Å². The number of halogens is 3. The number of hydrogen-bond acceptors (Lipinski definition) is 5. The molecular weight excluding hydrogens is 355 g/mol. The van der Waals surface area contributed by atoms with Crippen LogP contribution in [0.2, 0.25) is 0 Å². The molecule has 0 aliphatic heterocycles. The highest BCUT2D eigenvalue weighted by atomic mass is 19.4. The second kappa shape index (κ2) is 7.59. The van der Waals surface area contributed by atoms with E-state index in [0.717, 1.165) is 6.07 Å². The molecule has 0 bridgehead atoms. The van der Waals surface area contributed by atoms with Crippen LogP contribution in [0.15, 0.2) is 18.2 Å². The van der Waals surface area contributed by atoms with Gasteiger partial charge in [-0.1, -0.05) is 13.0 Å². The van der Waals surface area contributed by atoms with Crippen molar-refractivity contribution in [2.24, 2.45) is 17.8 Å². The molecule has 142 valence electrons. The third kappa shape index (κ3) is 5.00. The fourth-order valence-electron chi connectivity index (χ4n) is 2.92. The molecule has 2 heterocycles. The maximum atomic E-state index is 13.0. The molecule has 2 aromatic heterocycles. The highest BCUT2D eigenvalue weighted by Gasteiger charge is 2.33. The maximum Gasteiger partial charge on any atom is 0.433 e. The Hall–Kier alpha value is -2.56. The lowest BCUT2D eigenvalue weighted by Gasteiger charge is -2.12. The standard InChI is InChI=1S/C19H20F3N5/c1-11(10-23)8-16-25-17(9-12(2)13-6-7-13)27-18(26-16)14-4-3-5-15(24-14)19(20,21)22/h3-5,11-13H,6-9H2,1-2H3/t11?,12-/m0/s1. The molecule has 0 spiro atoms. The summed E-state index contributed by atoms with van der Waals surface area (Å²) in [6.07, 6.45) is -1.22. The van der Waals surface area contributed by atoms with Crippen molar-refractivity contribution < 1.29 is 13.2 Å². The van der Waals surface area contributed by atoms with E-state index in [0.29, 0.717) is 36.3 Å². The monoisotopic (exact) mass is 375 g/mol. The Kier molecular flexibility index (Phi) is 5.40. The largest absolute Gasteiger partial charge is 0.433 e. The van der Waals surface area contributed by atoms with Crippen molar-refractivity contribution in [3.8, 4) is 17.6 Å². The lowest BCUT2D eigenvalue weighted by Crippen LogP contribution is -2.13.